The van der Waals surface area contributed by atoms with Gasteiger partial charge in [-0.2, -0.15) is 5.26 Å². The molecule has 7 nitrogen and oxygen atoms in total. The number of anilines is 1. The molecule has 0 bridgehead atoms. The van der Waals surface area contributed by atoms with E-state index in [0.29, 0.717) is 10.6 Å². The highest BCUT2D eigenvalue weighted by molar-refractivity contribution is 7.16. The minimum absolute atomic E-state index is 0.102. The molecule has 0 saturated heterocycles. The molecular formula is C28H26N4O3S. The summed E-state index contributed by atoms with van der Waals surface area (Å²) in [6.07, 6.45) is 5.36. The summed E-state index contributed by atoms with van der Waals surface area (Å²) in [5.41, 5.74) is 4.30. The third kappa shape index (κ3) is 5.11. The van der Waals surface area contributed by atoms with Crippen molar-refractivity contribution in [2.45, 2.75) is 44.8 Å². The maximum atomic E-state index is 13.5. The van der Waals surface area contributed by atoms with Crippen LogP contribution in [-0.4, -0.2) is 23.0 Å². The lowest BCUT2D eigenvalue weighted by atomic mass is 9.96. The lowest BCUT2D eigenvalue weighted by Crippen LogP contribution is -2.45. The van der Waals surface area contributed by atoms with Gasteiger partial charge in [-0.1, -0.05) is 48.5 Å². The smallest absolute Gasteiger partial charge is 0.408 e. The summed E-state index contributed by atoms with van der Waals surface area (Å²) in [7, 11) is 0. The van der Waals surface area contributed by atoms with E-state index in [1.807, 2.05) is 60.8 Å². The number of hydrogen-bond acceptors (Lipinski definition) is 5. The van der Waals surface area contributed by atoms with Gasteiger partial charge < -0.3 is 20.4 Å². The standard InChI is InChI=1S/C28H26N4O3S/c29-15-22-21-11-5-7-13-25(21)36-27(22)32-26(33)24(14-19-16-30-23-12-6-4-10-20(19)23)31-28(34)35-17-18-8-2-1-3-9-18/h1-4,6,8-10,12,16,24,30H,5,7,11,13-14,17H2,(H,31,34)(H,32,33)/t24-/m1/s1. The van der Waals surface area contributed by atoms with Gasteiger partial charge >= 0.3 is 6.09 Å². The molecule has 0 aliphatic heterocycles. The number of alkyl carbamates (subject to hydrolysis) is 1. The number of carbonyl (C=O) groups is 2. The molecule has 2 aromatic carbocycles. The number of rotatable bonds is 7. The van der Waals surface area contributed by atoms with Gasteiger partial charge in [0.25, 0.3) is 0 Å². The van der Waals surface area contributed by atoms with Crippen LogP contribution in [0.3, 0.4) is 0 Å². The fourth-order valence-corrected chi connectivity index (χ4v) is 5.85. The highest BCUT2D eigenvalue weighted by Crippen LogP contribution is 2.37. The first kappa shape index (κ1) is 23.6. The quantitative estimate of drug-likeness (QED) is 0.315. The molecule has 1 atom stereocenters. The topological polar surface area (TPSA) is 107 Å². The van der Waals surface area contributed by atoms with Crippen molar-refractivity contribution in [2.24, 2.45) is 0 Å². The Hall–Kier alpha value is -4.09. The zero-order chi connectivity index (χ0) is 24.9. The summed E-state index contributed by atoms with van der Waals surface area (Å²) in [5.74, 6) is -0.382. The van der Waals surface area contributed by atoms with E-state index in [4.69, 9.17) is 4.74 Å². The van der Waals surface area contributed by atoms with Crippen molar-refractivity contribution in [1.82, 2.24) is 10.3 Å². The molecule has 36 heavy (non-hydrogen) atoms. The Bertz CT molecular complexity index is 1430. The number of nitriles is 1. The number of para-hydroxylation sites is 1. The second kappa shape index (κ2) is 10.7. The molecule has 3 N–H and O–H groups in total. The number of ether oxygens (including phenoxy) is 1. The maximum Gasteiger partial charge on any atom is 0.408 e. The molecule has 0 radical (unpaired) electrons. The molecule has 0 saturated carbocycles. The summed E-state index contributed by atoms with van der Waals surface area (Å²) in [4.78, 5) is 30.5. The Balaban J connectivity index is 1.36. The zero-order valence-corrected chi connectivity index (χ0v) is 20.5. The van der Waals surface area contributed by atoms with Gasteiger partial charge in [-0.05, 0) is 48.4 Å². The Morgan fingerprint density at radius 2 is 1.86 bits per heavy atom. The number of fused-ring (bicyclic) bond motifs is 2. The summed E-state index contributed by atoms with van der Waals surface area (Å²) >= 11 is 1.46. The number of aryl methyl sites for hydroxylation is 1. The van der Waals surface area contributed by atoms with Crippen molar-refractivity contribution in [3.63, 3.8) is 0 Å². The fourth-order valence-electron chi connectivity index (χ4n) is 4.61. The summed E-state index contributed by atoms with van der Waals surface area (Å²) in [6, 6.07) is 18.6. The van der Waals surface area contributed by atoms with Crippen molar-refractivity contribution in [3.8, 4) is 6.07 Å². The van der Waals surface area contributed by atoms with E-state index in [-0.39, 0.29) is 18.9 Å². The SMILES string of the molecule is N#Cc1c(NC(=O)[C@@H](Cc2c[nH]c3ccccc23)NC(=O)OCc2ccccc2)sc2c1CCCC2. The van der Waals surface area contributed by atoms with E-state index < -0.39 is 12.1 Å². The second-order valence-corrected chi connectivity index (χ2v) is 9.94. The van der Waals surface area contributed by atoms with Gasteiger partial charge in [0.1, 0.15) is 23.7 Å². The van der Waals surface area contributed by atoms with Crippen LogP contribution >= 0.6 is 11.3 Å². The molecule has 2 amide bonds. The highest BCUT2D eigenvalue weighted by Gasteiger charge is 2.27. The molecule has 5 rings (SSSR count). The van der Waals surface area contributed by atoms with Crippen molar-refractivity contribution >= 4 is 39.2 Å². The van der Waals surface area contributed by atoms with Crippen LogP contribution in [-0.2, 0) is 35.4 Å². The van der Waals surface area contributed by atoms with E-state index in [1.54, 1.807) is 0 Å². The van der Waals surface area contributed by atoms with Gasteiger partial charge in [0.15, 0.2) is 0 Å². The number of hydrogen-bond donors (Lipinski definition) is 3. The molecule has 0 spiro atoms. The number of amides is 2. The van der Waals surface area contributed by atoms with E-state index in [1.165, 1.54) is 11.3 Å². The molecule has 0 unspecified atom stereocenters. The first-order chi connectivity index (χ1) is 17.6. The van der Waals surface area contributed by atoms with Gasteiger partial charge in [-0.15, -0.1) is 11.3 Å². The van der Waals surface area contributed by atoms with Crippen LogP contribution in [0.15, 0.2) is 60.8 Å². The highest BCUT2D eigenvalue weighted by atomic mass is 32.1. The summed E-state index contributed by atoms with van der Waals surface area (Å²) < 4.78 is 5.39. The van der Waals surface area contributed by atoms with Gasteiger partial charge in [-0.3, -0.25) is 4.79 Å². The number of aromatic nitrogens is 1. The molecule has 4 aromatic rings. The van der Waals surface area contributed by atoms with Crippen LogP contribution in [0.4, 0.5) is 9.80 Å². The average Bonchev–Trinajstić information content (AvgIpc) is 3.48. The predicted molar refractivity (Wildman–Crippen MR) is 140 cm³/mol. The molecule has 2 heterocycles. The van der Waals surface area contributed by atoms with Gasteiger partial charge in [0.2, 0.25) is 5.91 Å². The molecule has 2 aromatic heterocycles. The first-order valence-corrected chi connectivity index (χ1v) is 12.8. The first-order valence-electron chi connectivity index (χ1n) is 12.0. The molecule has 1 aliphatic rings. The number of thiophene rings is 1. The lowest BCUT2D eigenvalue weighted by Gasteiger charge is -2.18. The minimum Gasteiger partial charge on any atom is -0.445 e. The fraction of sp³-hybridized carbons (Fsp3) is 0.250. The molecule has 8 heteroatoms. The van der Waals surface area contributed by atoms with Crippen molar-refractivity contribution in [2.75, 3.05) is 5.32 Å². The van der Waals surface area contributed by atoms with Crippen LogP contribution in [0.25, 0.3) is 10.9 Å². The maximum absolute atomic E-state index is 13.5. The van der Waals surface area contributed by atoms with Crippen LogP contribution in [0.5, 0.6) is 0 Å². The van der Waals surface area contributed by atoms with Crippen molar-refractivity contribution in [3.05, 3.63) is 87.9 Å². The van der Waals surface area contributed by atoms with E-state index in [0.717, 1.165) is 58.2 Å². The number of benzene rings is 2. The lowest BCUT2D eigenvalue weighted by molar-refractivity contribution is -0.118. The van der Waals surface area contributed by atoms with Gasteiger partial charge in [0.05, 0.1) is 5.56 Å². The number of carbonyl (C=O) groups excluding carboxylic acids is 2. The molecule has 1 aliphatic carbocycles. The third-order valence-corrected chi connectivity index (χ3v) is 7.65. The minimum atomic E-state index is -0.891. The number of nitrogens with one attached hydrogen (secondary N) is 3. The van der Waals surface area contributed by atoms with Crippen molar-refractivity contribution in [1.29, 1.82) is 5.26 Å². The number of nitrogens with zero attached hydrogens (tertiary/aromatic N) is 1. The van der Waals surface area contributed by atoms with E-state index in [2.05, 4.69) is 21.7 Å². The summed E-state index contributed by atoms with van der Waals surface area (Å²) in [6.45, 7) is 0.102. The Labute approximate surface area is 213 Å². The van der Waals surface area contributed by atoms with Crippen LogP contribution in [0, 0.1) is 11.3 Å². The third-order valence-electron chi connectivity index (χ3n) is 6.44. The number of H-pyrrole nitrogens is 1. The van der Waals surface area contributed by atoms with Crippen LogP contribution in [0.1, 0.15) is 40.0 Å². The zero-order valence-electron chi connectivity index (χ0n) is 19.7. The number of aromatic amines is 1. The monoisotopic (exact) mass is 498 g/mol. The Kier molecular flexibility index (Phi) is 7.01. The average molecular weight is 499 g/mol. The Morgan fingerprint density at radius 3 is 2.69 bits per heavy atom. The van der Waals surface area contributed by atoms with Crippen molar-refractivity contribution < 1.29 is 14.3 Å². The molecule has 0 fully saturated rings. The predicted octanol–water partition coefficient (Wildman–Crippen LogP) is 5.46. The van der Waals surface area contributed by atoms with Crippen LogP contribution < -0.4 is 10.6 Å². The second-order valence-electron chi connectivity index (χ2n) is 8.84. The molecule has 182 valence electrons. The van der Waals surface area contributed by atoms with Crippen LogP contribution in [0.2, 0.25) is 0 Å². The molecular weight excluding hydrogens is 472 g/mol. The Morgan fingerprint density at radius 1 is 1.08 bits per heavy atom. The van der Waals surface area contributed by atoms with E-state index in [9.17, 15) is 14.9 Å². The largest absolute Gasteiger partial charge is 0.445 e. The normalized spacial score (nSPS) is 13.4. The van der Waals surface area contributed by atoms with Gasteiger partial charge in [0, 0.05) is 28.4 Å². The van der Waals surface area contributed by atoms with E-state index >= 15 is 0 Å². The summed E-state index contributed by atoms with van der Waals surface area (Å²) in [5, 5.41) is 17.0. The van der Waals surface area contributed by atoms with Gasteiger partial charge in [-0.25, -0.2) is 4.79 Å².